The molecule has 0 aromatic carbocycles. The Morgan fingerprint density at radius 2 is 1.93 bits per heavy atom. The Labute approximate surface area is 85.2 Å². The van der Waals surface area contributed by atoms with Gasteiger partial charge in [-0.3, -0.25) is 4.79 Å². The lowest BCUT2D eigenvalue weighted by atomic mass is 10.3. The smallest absolute Gasteiger partial charge is 0.223 e. The molecule has 2 saturated carbocycles. The van der Waals surface area contributed by atoms with Gasteiger partial charge in [0.15, 0.2) is 0 Å². The Kier molecular flexibility index (Phi) is 3.40. The molecule has 2 rings (SSSR count). The van der Waals surface area contributed by atoms with E-state index >= 15 is 0 Å². The lowest BCUT2D eigenvalue weighted by molar-refractivity contribution is -0.122. The summed E-state index contributed by atoms with van der Waals surface area (Å²) in [5, 5.41) is 2.90. The maximum absolute atomic E-state index is 11.2. The number of ether oxygens (including phenoxy) is 1. The lowest BCUT2D eigenvalue weighted by Gasteiger charge is -2.11. The molecule has 0 saturated heterocycles. The van der Waals surface area contributed by atoms with Crippen molar-refractivity contribution in [1.29, 1.82) is 0 Å². The van der Waals surface area contributed by atoms with Crippen molar-refractivity contribution in [2.24, 2.45) is 5.92 Å². The summed E-state index contributed by atoms with van der Waals surface area (Å²) in [6, 6.07) is 0. The topological polar surface area (TPSA) is 38.3 Å². The Bertz CT molecular complexity index is 195. The molecule has 0 unspecified atom stereocenters. The summed E-state index contributed by atoms with van der Waals surface area (Å²) in [5.74, 6) is 0.543. The van der Waals surface area contributed by atoms with Crippen LogP contribution in [-0.2, 0) is 9.53 Å². The molecular formula is C11H19NO2. The normalized spacial score (nSPS) is 22.6. The fraction of sp³-hybridized carbons (Fsp3) is 0.909. The maximum atomic E-state index is 11.2. The largest absolute Gasteiger partial charge is 0.376 e. The highest BCUT2D eigenvalue weighted by molar-refractivity contribution is 5.80. The molecule has 80 valence electrons. The van der Waals surface area contributed by atoms with Crippen LogP contribution in [0.2, 0.25) is 0 Å². The van der Waals surface area contributed by atoms with Crippen molar-refractivity contribution in [1.82, 2.24) is 5.32 Å². The van der Waals surface area contributed by atoms with Gasteiger partial charge in [-0.25, -0.2) is 0 Å². The third-order valence-electron chi connectivity index (χ3n) is 3.01. The number of hydrogen-bond acceptors (Lipinski definition) is 2. The number of rotatable bonds is 5. The predicted molar refractivity (Wildman–Crippen MR) is 53.9 cm³/mol. The zero-order valence-electron chi connectivity index (χ0n) is 8.63. The van der Waals surface area contributed by atoms with Gasteiger partial charge in [0.25, 0.3) is 0 Å². The minimum Gasteiger partial charge on any atom is -0.376 e. The molecule has 2 aliphatic rings. The van der Waals surface area contributed by atoms with Crippen LogP contribution < -0.4 is 5.32 Å². The second kappa shape index (κ2) is 4.78. The van der Waals surface area contributed by atoms with Crippen LogP contribution in [0, 0.1) is 5.92 Å². The minimum absolute atomic E-state index is 0.222. The SMILES string of the molecule is O=C(NCCOC1CCCC1)C1CC1. The second-order valence-corrected chi connectivity index (χ2v) is 4.34. The first-order valence-corrected chi connectivity index (χ1v) is 5.75. The van der Waals surface area contributed by atoms with Gasteiger partial charge in [0, 0.05) is 12.5 Å². The first kappa shape index (κ1) is 9.97. The lowest BCUT2D eigenvalue weighted by Crippen LogP contribution is -2.29. The quantitative estimate of drug-likeness (QED) is 0.678. The summed E-state index contributed by atoms with van der Waals surface area (Å²) >= 11 is 0. The summed E-state index contributed by atoms with van der Waals surface area (Å²) in [5.41, 5.74) is 0. The fourth-order valence-electron chi connectivity index (χ4n) is 1.94. The van der Waals surface area contributed by atoms with Gasteiger partial charge in [-0.1, -0.05) is 12.8 Å². The molecule has 3 nitrogen and oxygen atoms in total. The van der Waals surface area contributed by atoms with Gasteiger partial charge < -0.3 is 10.1 Å². The average molecular weight is 197 g/mol. The van der Waals surface area contributed by atoms with E-state index in [1.165, 1.54) is 25.7 Å². The van der Waals surface area contributed by atoms with Crippen molar-refractivity contribution in [2.75, 3.05) is 13.2 Å². The number of amides is 1. The van der Waals surface area contributed by atoms with Crippen LogP contribution in [-0.4, -0.2) is 25.2 Å². The number of nitrogens with one attached hydrogen (secondary N) is 1. The molecule has 0 atom stereocenters. The fourth-order valence-corrected chi connectivity index (χ4v) is 1.94. The van der Waals surface area contributed by atoms with Crippen molar-refractivity contribution in [3.8, 4) is 0 Å². The van der Waals surface area contributed by atoms with E-state index in [0.717, 1.165) is 12.8 Å². The highest BCUT2D eigenvalue weighted by Gasteiger charge is 2.29. The van der Waals surface area contributed by atoms with E-state index in [1.54, 1.807) is 0 Å². The molecule has 0 aromatic rings. The number of carbonyl (C=O) groups is 1. The van der Waals surface area contributed by atoms with Crippen LogP contribution in [0.3, 0.4) is 0 Å². The first-order chi connectivity index (χ1) is 6.86. The molecule has 0 bridgehead atoms. The van der Waals surface area contributed by atoms with Crippen molar-refractivity contribution >= 4 is 5.91 Å². The van der Waals surface area contributed by atoms with E-state index in [0.29, 0.717) is 25.2 Å². The van der Waals surface area contributed by atoms with E-state index < -0.39 is 0 Å². The van der Waals surface area contributed by atoms with E-state index in [2.05, 4.69) is 5.32 Å². The molecule has 1 amide bonds. The molecule has 0 aromatic heterocycles. The van der Waals surface area contributed by atoms with Gasteiger partial charge in [-0.2, -0.15) is 0 Å². The molecule has 0 radical (unpaired) electrons. The van der Waals surface area contributed by atoms with Crippen molar-refractivity contribution in [3.63, 3.8) is 0 Å². The summed E-state index contributed by atoms with van der Waals surface area (Å²) < 4.78 is 5.64. The molecule has 2 aliphatic carbocycles. The molecule has 2 fully saturated rings. The van der Waals surface area contributed by atoms with Crippen molar-refractivity contribution < 1.29 is 9.53 Å². The Morgan fingerprint density at radius 3 is 2.57 bits per heavy atom. The molecular weight excluding hydrogens is 178 g/mol. The van der Waals surface area contributed by atoms with Crippen LogP contribution in [0.15, 0.2) is 0 Å². The first-order valence-electron chi connectivity index (χ1n) is 5.75. The van der Waals surface area contributed by atoms with Gasteiger partial charge in [0.1, 0.15) is 0 Å². The van der Waals surface area contributed by atoms with E-state index in [-0.39, 0.29) is 5.91 Å². The third-order valence-corrected chi connectivity index (χ3v) is 3.01. The third kappa shape index (κ3) is 2.98. The molecule has 1 N–H and O–H groups in total. The Morgan fingerprint density at radius 1 is 1.21 bits per heavy atom. The molecule has 0 spiro atoms. The van der Waals surface area contributed by atoms with E-state index in [1.807, 2.05) is 0 Å². The van der Waals surface area contributed by atoms with E-state index in [4.69, 9.17) is 4.74 Å². The van der Waals surface area contributed by atoms with E-state index in [9.17, 15) is 4.79 Å². The zero-order valence-corrected chi connectivity index (χ0v) is 8.63. The molecule has 0 heterocycles. The molecule has 3 heteroatoms. The monoisotopic (exact) mass is 197 g/mol. The summed E-state index contributed by atoms with van der Waals surface area (Å²) in [6.45, 7) is 1.37. The summed E-state index contributed by atoms with van der Waals surface area (Å²) in [7, 11) is 0. The standard InChI is InChI=1S/C11H19NO2/c13-11(9-5-6-9)12-7-8-14-10-3-1-2-4-10/h9-10H,1-8H2,(H,12,13). The minimum atomic E-state index is 0.222. The molecule has 14 heavy (non-hydrogen) atoms. The number of carbonyl (C=O) groups excluding carboxylic acids is 1. The second-order valence-electron chi connectivity index (χ2n) is 4.34. The highest BCUT2D eigenvalue weighted by atomic mass is 16.5. The van der Waals surface area contributed by atoms with Crippen molar-refractivity contribution in [3.05, 3.63) is 0 Å². The van der Waals surface area contributed by atoms with Crippen LogP contribution in [0.5, 0.6) is 0 Å². The maximum Gasteiger partial charge on any atom is 0.223 e. The van der Waals surface area contributed by atoms with Gasteiger partial charge in [0.2, 0.25) is 5.91 Å². The van der Waals surface area contributed by atoms with Crippen LogP contribution in [0.4, 0.5) is 0 Å². The van der Waals surface area contributed by atoms with Gasteiger partial charge >= 0.3 is 0 Å². The number of hydrogen-bond donors (Lipinski definition) is 1. The average Bonchev–Trinajstić information content (AvgIpc) is 2.92. The summed E-state index contributed by atoms with van der Waals surface area (Å²) in [4.78, 5) is 11.2. The van der Waals surface area contributed by atoms with Crippen LogP contribution >= 0.6 is 0 Å². The Balaban J connectivity index is 1.48. The summed E-state index contributed by atoms with van der Waals surface area (Å²) in [6.07, 6.45) is 7.64. The Hall–Kier alpha value is -0.570. The van der Waals surface area contributed by atoms with Crippen LogP contribution in [0.1, 0.15) is 38.5 Å². The van der Waals surface area contributed by atoms with Gasteiger partial charge in [-0.05, 0) is 25.7 Å². The zero-order chi connectivity index (χ0) is 9.80. The van der Waals surface area contributed by atoms with Gasteiger partial charge in [0.05, 0.1) is 12.7 Å². The van der Waals surface area contributed by atoms with Crippen LogP contribution in [0.25, 0.3) is 0 Å². The van der Waals surface area contributed by atoms with Crippen molar-refractivity contribution in [2.45, 2.75) is 44.6 Å². The molecule has 0 aliphatic heterocycles. The van der Waals surface area contributed by atoms with Gasteiger partial charge in [-0.15, -0.1) is 0 Å². The predicted octanol–water partition coefficient (Wildman–Crippen LogP) is 1.47. The highest BCUT2D eigenvalue weighted by Crippen LogP contribution is 2.28.